The SMILES string of the molecule is C=C(O)C(=C)N=Nc1c(O)cc(N)c2cc(S(=O)(=O)O)ccc12.[Cu]. The molecule has 0 saturated heterocycles. The third-order valence-corrected chi connectivity index (χ3v) is 3.84. The fourth-order valence-corrected chi connectivity index (χ4v) is 2.34. The molecule has 2 aromatic rings. The Morgan fingerprint density at radius 3 is 2.33 bits per heavy atom. The Kier molecular flexibility index (Phi) is 5.75. The molecule has 0 aliphatic carbocycles. The van der Waals surface area contributed by atoms with Crippen LogP contribution in [-0.4, -0.2) is 23.2 Å². The number of fused-ring (bicyclic) bond motifs is 1. The van der Waals surface area contributed by atoms with E-state index in [1.54, 1.807) is 0 Å². The zero-order chi connectivity index (χ0) is 17.4. The van der Waals surface area contributed by atoms with Crippen molar-refractivity contribution in [2.45, 2.75) is 4.90 Å². The van der Waals surface area contributed by atoms with Crippen molar-refractivity contribution in [3.63, 3.8) is 0 Å². The first-order chi connectivity index (χ1) is 10.6. The molecule has 1 radical (unpaired) electrons. The number of nitrogens with two attached hydrogens (primary N) is 1. The Morgan fingerprint density at radius 2 is 1.79 bits per heavy atom. The Hall–Kier alpha value is -2.39. The number of nitrogen functional groups attached to an aromatic ring is 1. The van der Waals surface area contributed by atoms with Crippen LogP contribution in [0.25, 0.3) is 10.8 Å². The molecule has 0 saturated carbocycles. The number of phenols is 1. The minimum absolute atomic E-state index is 0. The van der Waals surface area contributed by atoms with E-state index >= 15 is 0 Å². The van der Waals surface area contributed by atoms with Crippen LogP contribution in [0, 0.1) is 0 Å². The summed E-state index contributed by atoms with van der Waals surface area (Å²) in [5.74, 6) is -0.684. The molecule has 0 aliphatic rings. The number of hydrogen-bond acceptors (Lipinski definition) is 7. The second kappa shape index (κ2) is 7.02. The van der Waals surface area contributed by atoms with Gasteiger partial charge in [-0.15, -0.1) is 10.2 Å². The molecule has 0 spiro atoms. The smallest absolute Gasteiger partial charge is 0.294 e. The van der Waals surface area contributed by atoms with Crippen molar-refractivity contribution in [2.24, 2.45) is 10.2 Å². The van der Waals surface area contributed by atoms with Gasteiger partial charge in [0.25, 0.3) is 10.1 Å². The number of nitrogens with zero attached hydrogens (tertiary/aromatic N) is 2. The van der Waals surface area contributed by atoms with E-state index in [2.05, 4.69) is 23.4 Å². The first kappa shape index (κ1) is 19.7. The molecule has 5 N–H and O–H groups in total. The topological polar surface area (TPSA) is 146 Å². The summed E-state index contributed by atoms with van der Waals surface area (Å²) in [5.41, 5.74) is 5.74. The van der Waals surface area contributed by atoms with Crippen LogP contribution < -0.4 is 5.73 Å². The second-order valence-corrected chi connectivity index (χ2v) is 6.03. The maximum absolute atomic E-state index is 11.2. The third-order valence-electron chi connectivity index (χ3n) is 2.99. The van der Waals surface area contributed by atoms with Crippen LogP contribution in [-0.2, 0) is 27.2 Å². The van der Waals surface area contributed by atoms with Crippen molar-refractivity contribution in [1.29, 1.82) is 0 Å². The van der Waals surface area contributed by atoms with Crippen molar-refractivity contribution in [3.8, 4) is 5.75 Å². The van der Waals surface area contributed by atoms with Gasteiger partial charge >= 0.3 is 0 Å². The third kappa shape index (κ3) is 3.92. The van der Waals surface area contributed by atoms with Crippen LogP contribution in [0.5, 0.6) is 5.75 Å². The van der Waals surface area contributed by atoms with Crippen LogP contribution in [0.2, 0.25) is 0 Å². The molecule has 131 valence electrons. The average Bonchev–Trinajstić information content (AvgIpc) is 2.45. The molecule has 0 atom stereocenters. The summed E-state index contributed by atoms with van der Waals surface area (Å²) in [6.07, 6.45) is 0. The molecule has 2 rings (SSSR count). The van der Waals surface area contributed by atoms with E-state index in [1.807, 2.05) is 0 Å². The van der Waals surface area contributed by atoms with Crippen LogP contribution in [0.1, 0.15) is 0 Å². The van der Waals surface area contributed by atoms with Gasteiger partial charge in [0, 0.05) is 39.6 Å². The summed E-state index contributed by atoms with van der Waals surface area (Å²) >= 11 is 0. The number of aliphatic hydroxyl groups excluding tert-OH is 1. The van der Waals surface area contributed by atoms with Crippen molar-refractivity contribution in [3.05, 3.63) is 48.9 Å². The number of rotatable bonds is 4. The van der Waals surface area contributed by atoms with E-state index in [4.69, 9.17) is 15.4 Å². The number of benzene rings is 2. The molecular formula is C14H13CuN3O5S. The first-order valence-electron chi connectivity index (χ1n) is 6.13. The quantitative estimate of drug-likeness (QED) is 0.155. The molecule has 0 heterocycles. The van der Waals surface area contributed by atoms with Crippen molar-refractivity contribution in [1.82, 2.24) is 0 Å². The van der Waals surface area contributed by atoms with Gasteiger partial charge in [0.05, 0.1) is 4.90 Å². The molecule has 24 heavy (non-hydrogen) atoms. The minimum atomic E-state index is -4.40. The normalized spacial score (nSPS) is 11.4. The van der Waals surface area contributed by atoms with Crippen LogP contribution in [0.4, 0.5) is 11.4 Å². The van der Waals surface area contributed by atoms with Gasteiger partial charge in [0.15, 0.2) is 0 Å². The number of phenolic OH excluding ortho intramolecular Hbond substituents is 1. The van der Waals surface area contributed by atoms with Crippen molar-refractivity contribution in [2.75, 3.05) is 5.73 Å². The Bertz CT molecular complexity index is 970. The van der Waals surface area contributed by atoms with Gasteiger partial charge in [-0.1, -0.05) is 19.2 Å². The standard InChI is InChI=1S/C14H13N3O5S.Cu/c1-7(8(2)18)16-17-14-10-4-3-9(23(20,21)22)5-11(10)12(15)6-13(14)19;/h3-6,18-19H,1-2,15H2,(H,20,21,22);. The summed E-state index contributed by atoms with van der Waals surface area (Å²) < 4.78 is 31.5. The van der Waals surface area contributed by atoms with Gasteiger partial charge in [-0.3, -0.25) is 4.55 Å². The number of azo groups is 1. The van der Waals surface area contributed by atoms with Gasteiger partial charge in [0.1, 0.15) is 22.9 Å². The number of aromatic hydroxyl groups is 1. The van der Waals surface area contributed by atoms with Crippen LogP contribution in [0.15, 0.2) is 64.0 Å². The summed E-state index contributed by atoms with van der Waals surface area (Å²) in [6.45, 7) is 6.64. The van der Waals surface area contributed by atoms with Gasteiger partial charge < -0.3 is 15.9 Å². The average molecular weight is 399 g/mol. The van der Waals surface area contributed by atoms with Gasteiger partial charge in [0.2, 0.25) is 0 Å². The molecule has 8 nitrogen and oxygen atoms in total. The maximum atomic E-state index is 11.2. The van der Waals surface area contributed by atoms with E-state index in [0.717, 1.165) is 12.1 Å². The Balaban J connectivity index is 0.00000288. The van der Waals surface area contributed by atoms with Gasteiger partial charge in [-0.2, -0.15) is 8.42 Å². The zero-order valence-electron chi connectivity index (χ0n) is 12.1. The van der Waals surface area contributed by atoms with E-state index in [0.29, 0.717) is 5.39 Å². The van der Waals surface area contributed by atoms with Gasteiger partial charge in [-0.25, -0.2) is 0 Å². The Labute approximate surface area is 148 Å². The molecule has 2 aromatic carbocycles. The minimum Gasteiger partial charge on any atom is -0.506 e. The molecule has 0 amide bonds. The number of aliphatic hydroxyl groups is 1. The molecule has 0 aromatic heterocycles. The van der Waals surface area contributed by atoms with E-state index in [-0.39, 0.29) is 55.9 Å². The predicted octanol–water partition coefficient (Wildman–Crippen LogP) is 3.04. The fourth-order valence-electron chi connectivity index (χ4n) is 1.83. The maximum Gasteiger partial charge on any atom is 0.294 e. The van der Waals surface area contributed by atoms with Crippen LogP contribution in [0.3, 0.4) is 0 Å². The summed E-state index contributed by atoms with van der Waals surface area (Å²) in [6, 6.07) is 4.77. The Morgan fingerprint density at radius 1 is 1.17 bits per heavy atom. The molecule has 0 aliphatic heterocycles. The summed E-state index contributed by atoms with van der Waals surface area (Å²) in [5, 5.41) is 27.0. The van der Waals surface area contributed by atoms with E-state index < -0.39 is 10.1 Å². The zero-order valence-corrected chi connectivity index (χ0v) is 13.8. The largest absolute Gasteiger partial charge is 0.506 e. The molecule has 0 bridgehead atoms. The van der Waals surface area contributed by atoms with E-state index in [9.17, 15) is 13.5 Å². The van der Waals surface area contributed by atoms with E-state index in [1.165, 1.54) is 12.1 Å². The van der Waals surface area contributed by atoms with Crippen LogP contribution >= 0.6 is 0 Å². The van der Waals surface area contributed by atoms with Crippen molar-refractivity contribution < 1.29 is 40.3 Å². The van der Waals surface area contributed by atoms with Gasteiger partial charge in [-0.05, 0) is 12.1 Å². The predicted molar refractivity (Wildman–Crippen MR) is 85.3 cm³/mol. The molecular weight excluding hydrogens is 386 g/mol. The summed E-state index contributed by atoms with van der Waals surface area (Å²) in [7, 11) is -4.40. The fraction of sp³-hybridized carbons (Fsp3) is 0. The first-order valence-corrected chi connectivity index (χ1v) is 7.57. The molecule has 0 unspecified atom stereocenters. The molecule has 10 heteroatoms. The summed E-state index contributed by atoms with van der Waals surface area (Å²) in [4.78, 5) is -0.349. The molecule has 0 fully saturated rings. The second-order valence-electron chi connectivity index (χ2n) is 4.61. The monoisotopic (exact) mass is 398 g/mol. The van der Waals surface area contributed by atoms with Crippen molar-refractivity contribution >= 4 is 32.3 Å². The number of hydrogen-bond donors (Lipinski definition) is 4. The number of anilines is 1.